The number of carbonyl (C=O) groups excluding carboxylic acids is 4. The van der Waals surface area contributed by atoms with Crippen molar-refractivity contribution < 1.29 is 33.8 Å². The van der Waals surface area contributed by atoms with E-state index in [1.807, 2.05) is 37.3 Å². The predicted octanol–water partition coefficient (Wildman–Crippen LogP) is 3.20. The van der Waals surface area contributed by atoms with Crippen LogP contribution in [0.25, 0.3) is 0 Å². The van der Waals surface area contributed by atoms with Crippen LogP contribution in [0.15, 0.2) is 42.5 Å². The van der Waals surface area contributed by atoms with E-state index in [1.165, 1.54) is 12.0 Å². The van der Waals surface area contributed by atoms with Crippen molar-refractivity contribution in [3.05, 3.63) is 53.6 Å². The minimum Gasteiger partial charge on any atom is -0.495 e. The van der Waals surface area contributed by atoms with Crippen LogP contribution in [0.4, 0.5) is 21.0 Å². The van der Waals surface area contributed by atoms with Crippen molar-refractivity contribution in [3.8, 4) is 5.75 Å². The highest BCUT2D eigenvalue weighted by molar-refractivity contribution is 6.01. The number of urea groups is 2. The number of aryl methyl sites for hydroxylation is 2. The highest BCUT2D eigenvalue weighted by atomic mass is 16.5. The SMILES string of the molecule is COc1cc(CCC(=O)NCCNC(=O)N(CCCN2CCCC2=O)CCC(=O)O)ccc1NC(=O)Nc1ccccc1C. The number of ether oxygens (including phenoxy) is 1. The molecule has 2 aromatic carbocycles. The third kappa shape index (κ3) is 11.1. The fourth-order valence-corrected chi connectivity index (χ4v) is 4.75. The third-order valence-corrected chi connectivity index (χ3v) is 7.18. The van der Waals surface area contributed by atoms with Crippen LogP contribution in [-0.4, -0.2) is 91.1 Å². The molecule has 13 heteroatoms. The van der Waals surface area contributed by atoms with E-state index in [0.29, 0.717) is 56.0 Å². The molecule has 44 heavy (non-hydrogen) atoms. The van der Waals surface area contributed by atoms with Crippen LogP contribution < -0.4 is 26.0 Å². The van der Waals surface area contributed by atoms with Gasteiger partial charge in [-0.1, -0.05) is 24.3 Å². The van der Waals surface area contributed by atoms with E-state index in [4.69, 9.17) is 9.84 Å². The first kappa shape index (κ1) is 33.7. The summed E-state index contributed by atoms with van der Waals surface area (Å²) in [7, 11) is 1.50. The third-order valence-electron chi connectivity index (χ3n) is 7.18. The lowest BCUT2D eigenvalue weighted by Gasteiger charge is -2.24. The average Bonchev–Trinajstić information content (AvgIpc) is 3.41. The first-order chi connectivity index (χ1) is 21.2. The van der Waals surface area contributed by atoms with Crippen molar-refractivity contribution >= 4 is 41.2 Å². The van der Waals surface area contributed by atoms with Crippen molar-refractivity contribution in [2.24, 2.45) is 0 Å². The Morgan fingerprint density at radius 2 is 1.73 bits per heavy atom. The summed E-state index contributed by atoms with van der Waals surface area (Å²) >= 11 is 0. The summed E-state index contributed by atoms with van der Waals surface area (Å²) in [6, 6.07) is 11.9. The van der Waals surface area contributed by atoms with E-state index >= 15 is 0 Å². The monoisotopic (exact) mass is 610 g/mol. The van der Waals surface area contributed by atoms with Gasteiger partial charge in [0.2, 0.25) is 11.8 Å². The number of carbonyl (C=O) groups is 5. The normalized spacial score (nSPS) is 12.4. The number of carboxylic acid groups (broad SMARTS) is 1. The fraction of sp³-hybridized carbons (Fsp3) is 0.452. The van der Waals surface area contributed by atoms with E-state index in [-0.39, 0.29) is 44.3 Å². The smallest absolute Gasteiger partial charge is 0.323 e. The number of carboxylic acids is 1. The number of para-hydroxylation sites is 1. The number of nitrogens with one attached hydrogen (secondary N) is 4. The van der Waals surface area contributed by atoms with Crippen molar-refractivity contribution in [2.75, 3.05) is 57.0 Å². The summed E-state index contributed by atoms with van der Waals surface area (Å²) in [5.74, 6) is -0.632. The minimum atomic E-state index is -1.00. The van der Waals surface area contributed by atoms with Crippen molar-refractivity contribution in [2.45, 2.75) is 45.4 Å². The Hall–Kier alpha value is -4.81. The molecule has 1 saturated heterocycles. The van der Waals surface area contributed by atoms with Gasteiger partial charge in [0.15, 0.2) is 0 Å². The zero-order valence-corrected chi connectivity index (χ0v) is 25.3. The highest BCUT2D eigenvalue weighted by Gasteiger charge is 2.21. The lowest BCUT2D eigenvalue weighted by atomic mass is 10.1. The molecular weight excluding hydrogens is 568 g/mol. The van der Waals surface area contributed by atoms with E-state index in [2.05, 4.69) is 21.3 Å². The topological polar surface area (TPSA) is 169 Å². The lowest BCUT2D eigenvalue weighted by molar-refractivity contribution is -0.137. The second-order valence-corrected chi connectivity index (χ2v) is 10.5. The summed E-state index contributed by atoms with van der Waals surface area (Å²) < 4.78 is 5.44. The van der Waals surface area contributed by atoms with Crippen LogP contribution in [0.3, 0.4) is 0 Å². The second kappa shape index (κ2) is 17.3. The molecule has 1 aliphatic rings. The van der Waals surface area contributed by atoms with Gasteiger partial charge >= 0.3 is 18.0 Å². The predicted molar refractivity (Wildman–Crippen MR) is 166 cm³/mol. The van der Waals surface area contributed by atoms with Gasteiger partial charge in [0.1, 0.15) is 5.75 Å². The number of hydrogen-bond donors (Lipinski definition) is 5. The van der Waals surface area contributed by atoms with Crippen molar-refractivity contribution in [1.82, 2.24) is 20.4 Å². The Morgan fingerprint density at radius 3 is 2.43 bits per heavy atom. The number of amides is 6. The van der Waals surface area contributed by atoms with Crippen LogP contribution in [-0.2, 0) is 20.8 Å². The second-order valence-electron chi connectivity index (χ2n) is 10.5. The number of rotatable bonds is 16. The molecule has 5 N–H and O–H groups in total. The fourth-order valence-electron chi connectivity index (χ4n) is 4.75. The summed E-state index contributed by atoms with van der Waals surface area (Å²) in [5.41, 5.74) is 2.98. The van der Waals surface area contributed by atoms with Gasteiger partial charge in [0.05, 0.1) is 19.2 Å². The molecule has 0 spiro atoms. The van der Waals surface area contributed by atoms with E-state index in [1.54, 1.807) is 17.0 Å². The van der Waals surface area contributed by atoms with Crippen LogP contribution in [0.2, 0.25) is 0 Å². The summed E-state index contributed by atoms with van der Waals surface area (Å²) in [4.78, 5) is 63.5. The zero-order chi connectivity index (χ0) is 31.9. The average molecular weight is 611 g/mol. The molecule has 0 aliphatic carbocycles. The van der Waals surface area contributed by atoms with Crippen LogP contribution in [0.1, 0.15) is 43.2 Å². The number of hydrogen-bond acceptors (Lipinski definition) is 6. The molecule has 0 bridgehead atoms. The molecule has 0 atom stereocenters. The van der Waals surface area contributed by atoms with Gasteiger partial charge in [-0.2, -0.15) is 0 Å². The lowest BCUT2D eigenvalue weighted by Crippen LogP contribution is -2.44. The maximum Gasteiger partial charge on any atom is 0.323 e. The number of likely N-dealkylation sites (tertiary alicyclic amines) is 1. The zero-order valence-electron chi connectivity index (χ0n) is 25.3. The van der Waals surface area contributed by atoms with Crippen molar-refractivity contribution in [3.63, 3.8) is 0 Å². The van der Waals surface area contributed by atoms with E-state index in [9.17, 15) is 24.0 Å². The van der Waals surface area contributed by atoms with Crippen LogP contribution >= 0.6 is 0 Å². The quantitative estimate of drug-likeness (QED) is 0.182. The van der Waals surface area contributed by atoms with Crippen molar-refractivity contribution in [1.29, 1.82) is 0 Å². The summed E-state index contributed by atoms with van der Waals surface area (Å²) in [5, 5.41) is 20.1. The molecule has 0 unspecified atom stereocenters. The van der Waals surface area contributed by atoms with Crippen LogP contribution in [0.5, 0.6) is 5.75 Å². The Kier molecular flexibility index (Phi) is 13.3. The molecule has 3 rings (SSSR count). The van der Waals surface area contributed by atoms with Gasteiger partial charge in [0, 0.05) is 57.8 Å². The molecule has 0 aromatic heterocycles. The van der Waals surface area contributed by atoms with Gasteiger partial charge in [-0.3, -0.25) is 14.4 Å². The summed E-state index contributed by atoms with van der Waals surface area (Å²) in [6.07, 6.45) is 2.39. The van der Waals surface area contributed by atoms with Gasteiger partial charge in [-0.05, 0) is 55.5 Å². The Labute approximate surface area is 257 Å². The van der Waals surface area contributed by atoms with Gasteiger partial charge in [-0.25, -0.2) is 9.59 Å². The molecule has 1 fully saturated rings. The standard InChI is InChI=1S/C31H42N6O7/c1-22-7-3-4-8-24(22)34-30(42)35-25-12-10-23(21-26(25)44-2)11-13-27(38)32-15-16-33-31(43)37(20-14-29(40)41)19-6-18-36-17-5-9-28(36)39/h3-4,7-8,10,12,21H,5-6,9,11,13-20H2,1-2H3,(H,32,38)(H,33,43)(H,40,41)(H2,34,35,42). The first-order valence-corrected chi connectivity index (χ1v) is 14.8. The number of aliphatic carboxylic acids is 1. The Balaban J connectivity index is 1.38. The maximum atomic E-state index is 12.7. The molecular formula is C31H42N6O7. The number of benzene rings is 2. The maximum absolute atomic E-state index is 12.7. The number of nitrogens with zero attached hydrogens (tertiary/aromatic N) is 2. The molecule has 2 aromatic rings. The summed E-state index contributed by atoms with van der Waals surface area (Å²) in [6.45, 7) is 3.91. The molecule has 0 radical (unpaired) electrons. The van der Waals surface area contributed by atoms with E-state index in [0.717, 1.165) is 17.5 Å². The van der Waals surface area contributed by atoms with Crippen LogP contribution in [0, 0.1) is 6.92 Å². The molecule has 1 aliphatic heterocycles. The molecule has 238 valence electrons. The van der Waals surface area contributed by atoms with Gasteiger partial charge < -0.3 is 40.9 Å². The minimum absolute atomic E-state index is 0.0522. The molecule has 6 amide bonds. The molecule has 0 saturated carbocycles. The Morgan fingerprint density at radius 1 is 0.977 bits per heavy atom. The van der Waals surface area contributed by atoms with Gasteiger partial charge in [0.25, 0.3) is 0 Å². The number of methoxy groups -OCH3 is 1. The highest BCUT2D eigenvalue weighted by Crippen LogP contribution is 2.26. The first-order valence-electron chi connectivity index (χ1n) is 14.8. The van der Waals surface area contributed by atoms with E-state index < -0.39 is 18.0 Å². The Bertz CT molecular complexity index is 1320. The molecule has 13 nitrogen and oxygen atoms in total. The molecule has 1 heterocycles. The largest absolute Gasteiger partial charge is 0.495 e. The number of anilines is 2. The van der Waals surface area contributed by atoms with Gasteiger partial charge in [-0.15, -0.1) is 0 Å².